The van der Waals surface area contributed by atoms with Gasteiger partial charge in [-0.1, -0.05) is 0 Å². The van der Waals surface area contributed by atoms with Crippen molar-refractivity contribution >= 4 is 37.7 Å². The summed E-state index contributed by atoms with van der Waals surface area (Å²) >= 11 is 3.12. The fraction of sp³-hybridized carbons (Fsp3) is 0.333. The molecule has 0 saturated heterocycles. The van der Waals surface area contributed by atoms with Crippen molar-refractivity contribution in [3.63, 3.8) is 0 Å². The standard InChI is InChI=1S/C9H13BrN4O3S/c10-6-4-7(9(12)13-5-6)18(16,17)14-3-1-2-8(11)15/h4-5,14H,1-3H2,(H2,11,15)(H2,12,13). The summed E-state index contributed by atoms with van der Waals surface area (Å²) in [5.74, 6) is -0.557. The highest BCUT2D eigenvalue weighted by molar-refractivity contribution is 9.10. The van der Waals surface area contributed by atoms with Gasteiger partial charge < -0.3 is 11.5 Å². The third-order valence-electron chi connectivity index (χ3n) is 2.03. The van der Waals surface area contributed by atoms with Crippen LogP contribution in [0.4, 0.5) is 5.82 Å². The number of aromatic nitrogens is 1. The number of primary amides is 1. The van der Waals surface area contributed by atoms with Crippen LogP contribution in [0.25, 0.3) is 0 Å². The molecule has 1 aromatic rings. The topological polar surface area (TPSA) is 128 Å². The van der Waals surface area contributed by atoms with Gasteiger partial charge in [0.25, 0.3) is 0 Å². The number of nitrogen functional groups attached to an aromatic ring is 1. The normalized spacial score (nSPS) is 11.4. The monoisotopic (exact) mass is 336 g/mol. The number of nitrogens with zero attached hydrogens (tertiary/aromatic N) is 1. The fourth-order valence-electron chi connectivity index (χ4n) is 1.19. The van der Waals surface area contributed by atoms with E-state index in [1.54, 1.807) is 0 Å². The van der Waals surface area contributed by atoms with Gasteiger partial charge in [0.15, 0.2) is 0 Å². The van der Waals surface area contributed by atoms with E-state index in [0.29, 0.717) is 10.9 Å². The van der Waals surface area contributed by atoms with Gasteiger partial charge in [-0.05, 0) is 28.4 Å². The van der Waals surface area contributed by atoms with E-state index in [4.69, 9.17) is 11.5 Å². The lowest BCUT2D eigenvalue weighted by atomic mass is 10.3. The summed E-state index contributed by atoms with van der Waals surface area (Å²) in [6.07, 6.45) is 1.85. The number of hydrogen-bond donors (Lipinski definition) is 3. The molecule has 0 aliphatic heterocycles. The Kier molecular flexibility index (Phi) is 5.05. The van der Waals surface area contributed by atoms with Crippen molar-refractivity contribution in [1.29, 1.82) is 0 Å². The lowest BCUT2D eigenvalue weighted by molar-refractivity contribution is -0.118. The minimum atomic E-state index is -3.73. The summed E-state index contributed by atoms with van der Waals surface area (Å²) in [5.41, 5.74) is 10.4. The summed E-state index contributed by atoms with van der Waals surface area (Å²) in [4.78, 5) is 14.1. The predicted molar refractivity (Wildman–Crippen MR) is 70.0 cm³/mol. The molecule has 0 unspecified atom stereocenters. The number of anilines is 1. The number of amides is 1. The van der Waals surface area contributed by atoms with Crippen LogP contribution in [-0.2, 0) is 14.8 Å². The van der Waals surface area contributed by atoms with Crippen LogP contribution in [0.2, 0.25) is 0 Å². The Morgan fingerprint density at radius 1 is 1.50 bits per heavy atom. The molecule has 9 heteroatoms. The van der Waals surface area contributed by atoms with Gasteiger partial charge in [-0.2, -0.15) is 0 Å². The minimum Gasteiger partial charge on any atom is -0.383 e. The molecule has 7 nitrogen and oxygen atoms in total. The predicted octanol–water partition coefficient (Wildman–Crippen LogP) is -0.0299. The molecule has 0 radical (unpaired) electrons. The maximum atomic E-state index is 11.9. The van der Waals surface area contributed by atoms with Crippen molar-refractivity contribution in [2.75, 3.05) is 12.3 Å². The Balaban J connectivity index is 2.74. The van der Waals surface area contributed by atoms with Crippen molar-refractivity contribution in [3.8, 4) is 0 Å². The molecule has 0 bridgehead atoms. The highest BCUT2D eigenvalue weighted by atomic mass is 79.9. The number of carbonyl (C=O) groups excluding carboxylic acids is 1. The summed E-state index contributed by atoms with van der Waals surface area (Å²) in [6.45, 7) is 0.108. The molecule has 1 heterocycles. The number of nitrogens with two attached hydrogens (primary N) is 2. The molecular weight excluding hydrogens is 324 g/mol. The first-order valence-corrected chi connectivity index (χ1v) is 7.29. The molecule has 0 spiro atoms. The molecule has 0 aliphatic rings. The molecule has 0 aliphatic carbocycles. The van der Waals surface area contributed by atoms with Crippen LogP contribution < -0.4 is 16.2 Å². The Labute approximate surface area is 113 Å². The van der Waals surface area contributed by atoms with Gasteiger partial charge in [0.05, 0.1) is 0 Å². The molecule has 0 aromatic carbocycles. The van der Waals surface area contributed by atoms with Crippen LogP contribution in [0, 0.1) is 0 Å². The van der Waals surface area contributed by atoms with E-state index >= 15 is 0 Å². The van der Waals surface area contributed by atoms with Crippen LogP contribution in [0.1, 0.15) is 12.8 Å². The summed E-state index contributed by atoms with van der Waals surface area (Å²) in [7, 11) is -3.73. The zero-order valence-corrected chi connectivity index (χ0v) is 11.8. The van der Waals surface area contributed by atoms with Gasteiger partial charge >= 0.3 is 0 Å². The Morgan fingerprint density at radius 3 is 2.78 bits per heavy atom. The number of pyridine rings is 1. The first-order chi connectivity index (χ1) is 8.33. The van der Waals surface area contributed by atoms with Gasteiger partial charge in [0.1, 0.15) is 10.7 Å². The third-order valence-corrected chi connectivity index (χ3v) is 3.95. The average Bonchev–Trinajstić information content (AvgIpc) is 2.27. The first-order valence-electron chi connectivity index (χ1n) is 5.02. The molecule has 0 saturated carbocycles. The van der Waals surface area contributed by atoms with E-state index in [9.17, 15) is 13.2 Å². The van der Waals surface area contributed by atoms with Crippen LogP contribution in [-0.4, -0.2) is 25.9 Å². The Hall–Kier alpha value is -1.19. The number of rotatable bonds is 6. The molecule has 18 heavy (non-hydrogen) atoms. The van der Waals surface area contributed by atoms with Gasteiger partial charge in [0.2, 0.25) is 15.9 Å². The quantitative estimate of drug-likeness (QED) is 0.628. The largest absolute Gasteiger partial charge is 0.383 e. The SMILES string of the molecule is NC(=O)CCCNS(=O)(=O)c1cc(Br)cnc1N. The highest BCUT2D eigenvalue weighted by Gasteiger charge is 2.18. The zero-order chi connectivity index (χ0) is 13.8. The maximum Gasteiger partial charge on any atom is 0.244 e. The van der Waals surface area contributed by atoms with Gasteiger partial charge in [-0.15, -0.1) is 0 Å². The van der Waals surface area contributed by atoms with Crippen molar-refractivity contribution in [2.45, 2.75) is 17.7 Å². The molecule has 5 N–H and O–H groups in total. The third kappa shape index (κ3) is 4.24. The molecule has 1 amide bonds. The summed E-state index contributed by atoms with van der Waals surface area (Å²) in [5, 5.41) is 0. The second kappa shape index (κ2) is 6.12. The molecule has 1 aromatic heterocycles. The van der Waals surface area contributed by atoms with Crippen molar-refractivity contribution < 1.29 is 13.2 Å². The molecule has 1 rings (SSSR count). The van der Waals surface area contributed by atoms with Crippen LogP contribution in [0.15, 0.2) is 21.6 Å². The maximum absolute atomic E-state index is 11.9. The Bertz CT molecular complexity index is 547. The highest BCUT2D eigenvalue weighted by Crippen LogP contribution is 2.20. The van der Waals surface area contributed by atoms with Crippen LogP contribution in [0.3, 0.4) is 0 Å². The molecule has 0 atom stereocenters. The van der Waals surface area contributed by atoms with E-state index < -0.39 is 15.9 Å². The van der Waals surface area contributed by atoms with Crippen LogP contribution in [0.5, 0.6) is 0 Å². The van der Waals surface area contributed by atoms with Gasteiger partial charge in [-0.3, -0.25) is 4.79 Å². The second-order valence-electron chi connectivity index (χ2n) is 3.50. The zero-order valence-electron chi connectivity index (χ0n) is 9.39. The second-order valence-corrected chi connectivity index (χ2v) is 6.16. The van der Waals surface area contributed by atoms with Crippen LogP contribution >= 0.6 is 15.9 Å². The number of hydrogen-bond acceptors (Lipinski definition) is 5. The number of sulfonamides is 1. The summed E-state index contributed by atoms with van der Waals surface area (Å²) < 4.78 is 26.6. The van der Waals surface area contributed by atoms with Gasteiger partial charge in [-0.25, -0.2) is 18.1 Å². The lowest BCUT2D eigenvalue weighted by Crippen LogP contribution is -2.26. The first kappa shape index (κ1) is 14.9. The van der Waals surface area contributed by atoms with Crippen molar-refractivity contribution in [1.82, 2.24) is 9.71 Å². The molecular formula is C9H13BrN4O3S. The lowest BCUT2D eigenvalue weighted by Gasteiger charge is -2.08. The molecule has 100 valence electrons. The molecule has 0 fully saturated rings. The van der Waals surface area contributed by atoms with E-state index in [1.807, 2.05) is 0 Å². The smallest absolute Gasteiger partial charge is 0.244 e. The number of nitrogens with one attached hydrogen (secondary N) is 1. The van der Waals surface area contributed by atoms with Crippen molar-refractivity contribution in [3.05, 3.63) is 16.7 Å². The van der Waals surface area contributed by atoms with E-state index in [2.05, 4.69) is 25.6 Å². The minimum absolute atomic E-state index is 0.0828. The van der Waals surface area contributed by atoms with Crippen molar-refractivity contribution in [2.24, 2.45) is 5.73 Å². The van der Waals surface area contributed by atoms with E-state index in [1.165, 1.54) is 12.3 Å². The number of carbonyl (C=O) groups is 1. The number of halogens is 1. The summed E-state index contributed by atoms with van der Waals surface area (Å²) in [6, 6.07) is 1.36. The average molecular weight is 337 g/mol. The fourth-order valence-corrected chi connectivity index (χ4v) is 2.85. The van der Waals surface area contributed by atoms with Gasteiger partial charge in [0, 0.05) is 23.6 Å². The van der Waals surface area contributed by atoms with E-state index in [0.717, 1.165) is 0 Å². The Morgan fingerprint density at radius 2 is 2.17 bits per heavy atom. The van der Waals surface area contributed by atoms with E-state index in [-0.39, 0.29) is 23.7 Å².